The van der Waals surface area contributed by atoms with Crippen molar-refractivity contribution in [3.63, 3.8) is 0 Å². The van der Waals surface area contributed by atoms with Crippen LogP contribution < -0.4 is 0 Å². The van der Waals surface area contributed by atoms with E-state index in [1.54, 1.807) is 19.1 Å². The molecule has 0 bridgehead atoms. The van der Waals surface area contributed by atoms with E-state index < -0.39 is 21.7 Å². The maximum absolute atomic E-state index is 11.8. The van der Waals surface area contributed by atoms with Crippen molar-refractivity contribution in [2.45, 2.75) is 30.7 Å². The number of hydrogen-bond acceptors (Lipinski definition) is 3. The third-order valence-corrected chi connectivity index (χ3v) is 6.19. The number of nitrogens with zero attached hydrogens (tertiary/aromatic N) is 1. The number of carbonyl (C=O) groups is 1. The van der Waals surface area contributed by atoms with E-state index in [1.807, 2.05) is 10.6 Å². The third-order valence-electron chi connectivity index (χ3n) is 4.44. The summed E-state index contributed by atoms with van der Waals surface area (Å²) in [6, 6.07) is 5.25. The van der Waals surface area contributed by atoms with Gasteiger partial charge in [-0.15, -0.1) is 0 Å². The first-order chi connectivity index (χ1) is 10.2. The van der Waals surface area contributed by atoms with E-state index in [4.69, 9.17) is 0 Å². The van der Waals surface area contributed by atoms with Crippen LogP contribution in [0.4, 0.5) is 0 Å². The minimum atomic E-state index is -3.29. The van der Waals surface area contributed by atoms with Gasteiger partial charge in [-0.1, -0.05) is 22.9 Å². The fourth-order valence-corrected chi connectivity index (χ4v) is 4.55. The lowest BCUT2D eigenvalue weighted by molar-refractivity contribution is -0.141. The van der Waals surface area contributed by atoms with Crippen LogP contribution in [-0.2, 0) is 21.2 Å². The fourth-order valence-electron chi connectivity index (χ4n) is 3.18. The van der Waals surface area contributed by atoms with Crippen LogP contribution in [0, 0.1) is 5.92 Å². The van der Waals surface area contributed by atoms with Crippen molar-refractivity contribution in [3.8, 4) is 0 Å². The molecule has 0 saturated carbocycles. The molecule has 1 aromatic heterocycles. The van der Waals surface area contributed by atoms with E-state index in [2.05, 4.69) is 15.9 Å². The third kappa shape index (κ3) is 2.36. The summed E-state index contributed by atoms with van der Waals surface area (Å²) in [4.78, 5) is 11.5. The minimum absolute atomic E-state index is 0.0431. The Kier molecular flexibility index (Phi) is 3.60. The van der Waals surface area contributed by atoms with Gasteiger partial charge in [-0.3, -0.25) is 4.79 Å². The number of aromatic nitrogens is 1. The molecule has 2 unspecified atom stereocenters. The van der Waals surface area contributed by atoms with E-state index in [9.17, 15) is 18.3 Å². The molecule has 22 heavy (non-hydrogen) atoms. The first-order valence-corrected chi connectivity index (χ1v) is 9.64. The molecular formula is C15H16BrNO4S. The fraction of sp³-hybridized carbons (Fsp3) is 0.400. The van der Waals surface area contributed by atoms with Crippen molar-refractivity contribution >= 4 is 42.6 Å². The van der Waals surface area contributed by atoms with Gasteiger partial charge in [-0.2, -0.15) is 0 Å². The van der Waals surface area contributed by atoms with Crippen molar-refractivity contribution in [3.05, 3.63) is 28.4 Å². The number of benzene rings is 1. The topological polar surface area (TPSA) is 76.4 Å². The van der Waals surface area contributed by atoms with E-state index in [1.165, 1.54) is 6.26 Å². The van der Waals surface area contributed by atoms with Crippen molar-refractivity contribution in [2.24, 2.45) is 5.92 Å². The summed E-state index contributed by atoms with van der Waals surface area (Å²) in [5.74, 6) is -1.31. The monoisotopic (exact) mass is 385 g/mol. The minimum Gasteiger partial charge on any atom is -0.481 e. The molecule has 118 valence electrons. The number of aliphatic carboxylic acids is 1. The second-order valence-electron chi connectivity index (χ2n) is 5.85. The van der Waals surface area contributed by atoms with Crippen LogP contribution in [0.3, 0.4) is 0 Å². The van der Waals surface area contributed by atoms with Crippen molar-refractivity contribution in [2.75, 3.05) is 6.26 Å². The van der Waals surface area contributed by atoms with Crippen LogP contribution >= 0.6 is 15.9 Å². The average molecular weight is 386 g/mol. The second-order valence-corrected chi connectivity index (χ2v) is 8.72. The predicted octanol–water partition coefficient (Wildman–Crippen LogP) is 3.02. The normalized spacial score (nSPS) is 19.3. The summed E-state index contributed by atoms with van der Waals surface area (Å²) in [6.07, 6.45) is 1.95. The van der Waals surface area contributed by atoms with Gasteiger partial charge in [0.05, 0.1) is 16.3 Å². The zero-order chi connectivity index (χ0) is 16.2. The van der Waals surface area contributed by atoms with E-state index >= 15 is 0 Å². The molecule has 0 aliphatic carbocycles. The number of fused-ring (bicyclic) bond motifs is 3. The zero-order valence-electron chi connectivity index (χ0n) is 12.2. The highest BCUT2D eigenvalue weighted by atomic mass is 79.9. The van der Waals surface area contributed by atoms with Gasteiger partial charge in [-0.25, -0.2) is 8.42 Å². The van der Waals surface area contributed by atoms with Crippen LogP contribution in [0.1, 0.15) is 25.0 Å². The highest BCUT2D eigenvalue weighted by Gasteiger charge is 2.33. The number of halogens is 1. The Morgan fingerprint density at radius 3 is 2.68 bits per heavy atom. The molecule has 5 nitrogen and oxygen atoms in total. The first kappa shape index (κ1) is 15.6. The van der Waals surface area contributed by atoms with Gasteiger partial charge in [0.15, 0.2) is 9.84 Å². The van der Waals surface area contributed by atoms with Gasteiger partial charge in [0.25, 0.3) is 0 Å². The molecule has 0 fully saturated rings. The van der Waals surface area contributed by atoms with E-state index in [0.717, 1.165) is 23.0 Å². The molecule has 2 atom stereocenters. The largest absolute Gasteiger partial charge is 0.481 e. The molecule has 0 radical (unpaired) electrons. The molecular weight excluding hydrogens is 370 g/mol. The van der Waals surface area contributed by atoms with Gasteiger partial charge >= 0.3 is 5.97 Å². The van der Waals surface area contributed by atoms with Crippen molar-refractivity contribution < 1.29 is 18.3 Å². The Bertz CT molecular complexity index is 885. The summed E-state index contributed by atoms with van der Waals surface area (Å²) < 4.78 is 26.4. The number of carboxylic acid groups (broad SMARTS) is 1. The SMILES string of the molecule is CC(C(=O)O)C1CCn2c1cc1c(Br)cc(S(C)(=O)=O)cc12. The molecule has 1 aliphatic heterocycles. The lowest BCUT2D eigenvalue weighted by Crippen LogP contribution is -2.17. The second kappa shape index (κ2) is 5.09. The van der Waals surface area contributed by atoms with Gasteiger partial charge in [-0.05, 0) is 24.6 Å². The Hall–Kier alpha value is -1.34. The van der Waals surface area contributed by atoms with Gasteiger partial charge < -0.3 is 9.67 Å². The lowest BCUT2D eigenvalue weighted by Gasteiger charge is -2.13. The maximum Gasteiger partial charge on any atom is 0.306 e. The quantitative estimate of drug-likeness (QED) is 0.880. The molecule has 1 N–H and O–H groups in total. The molecule has 2 heterocycles. The molecule has 2 aromatic rings. The van der Waals surface area contributed by atoms with Crippen LogP contribution in [-0.4, -0.2) is 30.3 Å². The molecule has 7 heteroatoms. The Morgan fingerprint density at radius 1 is 1.41 bits per heavy atom. The standard InChI is InChI=1S/C15H16BrNO4S/c1-8(15(18)19)10-3-4-17-13-6-9(22(2,20)21)5-12(16)11(13)7-14(10)17/h5-8,10H,3-4H2,1-2H3,(H,18,19). The number of sulfone groups is 1. The summed E-state index contributed by atoms with van der Waals surface area (Å²) in [6.45, 7) is 2.43. The molecule has 0 saturated heterocycles. The smallest absolute Gasteiger partial charge is 0.306 e. The Morgan fingerprint density at radius 2 is 2.09 bits per heavy atom. The first-order valence-electron chi connectivity index (χ1n) is 6.95. The lowest BCUT2D eigenvalue weighted by atomic mass is 9.90. The average Bonchev–Trinajstić information content (AvgIpc) is 2.96. The van der Waals surface area contributed by atoms with Crippen molar-refractivity contribution in [1.82, 2.24) is 4.57 Å². The van der Waals surface area contributed by atoms with Crippen molar-refractivity contribution in [1.29, 1.82) is 0 Å². The molecule has 0 amide bonds. The Balaban J connectivity index is 2.21. The molecule has 3 rings (SSSR count). The van der Waals surface area contributed by atoms with Gasteiger partial charge in [0.2, 0.25) is 0 Å². The zero-order valence-corrected chi connectivity index (χ0v) is 14.6. The molecule has 0 spiro atoms. The van der Waals surface area contributed by atoms with Crippen LogP contribution in [0.5, 0.6) is 0 Å². The van der Waals surface area contributed by atoms with Gasteiger partial charge in [0.1, 0.15) is 0 Å². The summed E-state index contributed by atoms with van der Waals surface area (Å²) in [7, 11) is -3.29. The van der Waals surface area contributed by atoms with Crippen LogP contribution in [0.15, 0.2) is 27.6 Å². The molecule has 1 aliphatic rings. The number of hydrogen-bond donors (Lipinski definition) is 1. The number of carboxylic acids is 1. The number of aryl methyl sites for hydroxylation is 1. The van der Waals surface area contributed by atoms with Crippen LogP contribution in [0.25, 0.3) is 10.9 Å². The van der Waals surface area contributed by atoms with E-state index in [-0.39, 0.29) is 10.8 Å². The van der Waals surface area contributed by atoms with E-state index in [0.29, 0.717) is 11.0 Å². The van der Waals surface area contributed by atoms with Crippen LogP contribution in [0.2, 0.25) is 0 Å². The maximum atomic E-state index is 11.8. The summed E-state index contributed by atoms with van der Waals surface area (Å²) in [5, 5.41) is 10.2. The molecule has 1 aromatic carbocycles. The highest BCUT2D eigenvalue weighted by Crippen LogP contribution is 2.41. The van der Waals surface area contributed by atoms with Gasteiger partial charge in [0, 0.05) is 34.3 Å². The summed E-state index contributed by atoms with van der Waals surface area (Å²) >= 11 is 3.43. The highest BCUT2D eigenvalue weighted by molar-refractivity contribution is 9.10. The number of rotatable bonds is 3. The summed E-state index contributed by atoms with van der Waals surface area (Å²) in [5.41, 5.74) is 1.81. The Labute approximate surface area is 137 Å². The predicted molar refractivity (Wildman–Crippen MR) is 86.9 cm³/mol.